The third kappa shape index (κ3) is 2.14. The maximum Gasteiger partial charge on any atom is 0.292 e. The average molecular weight is 277 g/mol. The SMILES string of the molecule is COc1cnc(C(=O)N2CCC(O)CC23CCC3)nc1. The number of hydrogen-bond acceptors (Lipinski definition) is 5. The van der Waals surface area contributed by atoms with Crippen LogP contribution in [-0.2, 0) is 0 Å². The summed E-state index contributed by atoms with van der Waals surface area (Å²) in [5.41, 5.74) is -0.169. The number of likely N-dealkylation sites (tertiary alicyclic amines) is 1. The predicted octanol–water partition coefficient (Wildman–Crippen LogP) is 1.00. The molecule has 1 N–H and O–H groups in total. The lowest BCUT2D eigenvalue weighted by Crippen LogP contribution is -2.61. The zero-order chi connectivity index (χ0) is 14.2. The Bertz CT molecular complexity index is 499. The first-order valence-corrected chi connectivity index (χ1v) is 7.01. The molecule has 1 saturated carbocycles. The highest BCUT2D eigenvalue weighted by molar-refractivity contribution is 5.91. The van der Waals surface area contributed by atoms with E-state index in [1.807, 2.05) is 4.90 Å². The molecule has 0 bridgehead atoms. The molecule has 108 valence electrons. The summed E-state index contributed by atoms with van der Waals surface area (Å²) in [4.78, 5) is 22.6. The standard InChI is InChI=1S/C14H19N3O3/c1-20-11-8-15-12(16-9-11)13(19)17-6-3-10(18)7-14(17)4-2-5-14/h8-10,18H,2-7H2,1H3. The number of piperidine rings is 1. The molecular weight excluding hydrogens is 258 g/mol. The molecular formula is C14H19N3O3. The molecule has 2 heterocycles. The summed E-state index contributed by atoms with van der Waals surface area (Å²) in [6.45, 7) is 0.579. The Kier molecular flexibility index (Phi) is 3.33. The van der Waals surface area contributed by atoms with Crippen molar-refractivity contribution >= 4 is 5.91 Å². The van der Waals surface area contributed by atoms with Crippen LogP contribution in [-0.4, -0.2) is 51.2 Å². The fourth-order valence-corrected chi connectivity index (χ4v) is 3.19. The molecule has 1 spiro atoms. The molecule has 6 nitrogen and oxygen atoms in total. The van der Waals surface area contributed by atoms with E-state index >= 15 is 0 Å². The highest BCUT2D eigenvalue weighted by atomic mass is 16.5. The van der Waals surface area contributed by atoms with Gasteiger partial charge in [0.15, 0.2) is 5.75 Å². The second kappa shape index (κ2) is 5.01. The van der Waals surface area contributed by atoms with Crippen LogP contribution in [0, 0.1) is 0 Å². The van der Waals surface area contributed by atoms with Gasteiger partial charge < -0.3 is 14.7 Å². The number of aromatic nitrogens is 2. The van der Waals surface area contributed by atoms with Crippen LogP contribution < -0.4 is 4.74 Å². The van der Waals surface area contributed by atoms with E-state index in [0.29, 0.717) is 25.1 Å². The molecule has 2 aliphatic rings. The third-order valence-electron chi connectivity index (χ3n) is 4.46. The zero-order valence-electron chi connectivity index (χ0n) is 11.6. The monoisotopic (exact) mass is 277 g/mol. The van der Waals surface area contributed by atoms with Crippen LogP contribution >= 0.6 is 0 Å². The average Bonchev–Trinajstić information content (AvgIpc) is 2.45. The number of rotatable bonds is 2. The molecule has 1 atom stereocenters. The number of methoxy groups -OCH3 is 1. The van der Waals surface area contributed by atoms with Crippen molar-refractivity contribution in [3.05, 3.63) is 18.2 Å². The third-order valence-corrected chi connectivity index (χ3v) is 4.46. The number of nitrogens with zero attached hydrogens (tertiary/aromatic N) is 3. The fourth-order valence-electron chi connectivity index (χ4n) is 3.19. The highest BCUT2D eigenvalue weighted by Gasteiger charge is 2.48. The predicted molar refractivity (Wildman–Crippen MR) is 71.4 cm³/mol. The lowest BCUT2D eigenvalue weighted by Gasteiger charge is -2.54. The minimum Gasteiger partial charge on any atom is -0.494 e. The Morgan fingerprint density at radius 1 is 1.45 bits per heavy atom. The summed E-state index contributed by atoms with van der Waals surface area (Å²) < 4.78 is 5.00. The van der Waals surface area contributed by atoms with Gasteiger partial charge in [-0.2, -0.15) is 0 Å². The Labute approximate surface area is 117 Å². The highest BCUT2D eigenvalue weighted by Crippen LogP contribution is 2.44. The topological polar surface area (TPSA) is 75.5 Å². The van der Waals surface area contributed by atoms with Crippen molar-refractivity contribution in [3.8, 4) is 5.75 Å². The second-order valence-corrected chi connectivity index (χ2v) is 5.63. The van der Waals surface area contributed by atoms with Crippen molar-refractivity contribution in [2.45, 2.75) is 43.7 Å². The number of aliphatic hydroxyl groups is 1. The van der Waals surface area contributed by atoms with E-state index in [1.54, 1.807) is 0 Å². The number of hydrogen-bond donors (Lipinski definition) is 1. The molecule has 1 aliphatic heterocycles. The van der Waals surface area contributed by atoms with Crippen molar-refractivity contribution in [3.63, 3.8) is 0 Å². The number of amides is 1. The van der Waals surface area contributed by atoms with Gasteiger partial charge in [-0.1, -0.05) is 0 Å². The van der Waals surface area contributed by atoms with Gasteiger partial charge in [-0.3, -0.25) is 4.79 Å². The molecule has 0 aromatic carbocycles. The van der Waals surface area contributed by atoms with Gasteiger partial charge in [0.1, 0.15) is 0 Å². The molecule has 1 aromatic rings. The molecule has 1 amide bonds. The minimum atomic E-state index is -0.295. The first-order chi connectivity index (χ1) is 9.64. The number of aliphatic hydroxyl groups excluding tert-OH is 1. The van der Waals surface area contributed by atoms with Gasteiger partial charge in [-0.15, -0.1) is 0 Å². The summed E-state index contributed by atoms with van der Waals surface area (Å²) in [7, 11) is 1.54. The van der Waals surface area contributed by atoms with Crippen molar-refractivity contribution in [2.75, 3.05) is 13.7 Å². The first kappa shape index (κ1) is 13.3. The summed E-state index contributed by atoms with van der Waals surface area (Å²) in [5, 5.41) is 9.86. The van der Waals surface area contributed by atoms with E-state index in [-0.39, 0.29) is 23.4 Å². The smallest absolute Gasteiger partial charge is 0.292 e. The van der Waals surface area contributed by atoms with E-state index in [4.69, 9.17) is 4.74 Å². The zero-order valence-corrected chi connectivity index (χ0v) is 11.6. The number of carbonyl (C=O) groups is 1. The fraction of sp³-hybridized carbons (Fsp3) is 0.643. The molecule has 6 heteroatoms. The quantitative estimate of drug-likeness (QED) is 0.873. The van der Waals surface area contributed by atoms with Gasteiger partial charge >= 0.3 is 0 Å². The Hall–Kier alpha value is -1.69. The van der Waals surface area contributed by atoms with Crippen LogP contribution in [0.1, 0.15) is 42.7 Å². The van der Waals surface area contributed by atoms with Crippen molar-refractivity contribution in [2.24, 2.45) is 0 Å². The van der Waals surface area contributed by atoms with Gasteiger partial charge in [-0.25, -0.2) is 9.97 Å². The lowest BCUT2D eigenvalue weighted by atomic mass is 9.69. The molecule has 1 saturated heterocycles. The molecule has 2 fully saturated rings. The van der Waals surface area contributed by atoms with Gasteiger partial charge in [0.25, 0.3) is 5.91 Å². The maximum absolute atomic E-state index is 12.6. The molecule has 3 rings (SSSR count). The van der Waals surface area contributed by atoms with Gasteiger partial charge in [-0.05, 0) is 32.1 Å². The van der Waals surface area contributed by atoms with Gasteiger partial charge in [0.2, 0.25) is 5.82 Å². The van der Waals surface area contributed by atoms with E-state index < -0.39 is 0 Å². The van der Waals surface area contributed by atoms with Crippen LogP contribution in [0.2, 0.25) is 0 Å². The van der Waals surface area contributed by atoms with E-state index in [2.05, 4.69) is 9.97 Å². The Balaban J connectivity index is 1.81. The van der Waals surface area contributed by atoms with E-state index in [1.165, 1.54) is 19.5 Å². The largest absolute Gasteiger partial charge is 0.494 e. The lowest BCUT2D eigenvalue weighted by molar-refractivity contribution is -0.0489. The first-order valence-electron chi connectivity index (χ1n) is 7.01. The van der Waals surface area contributed by atoms with Crippen molar-refractivity contribution in [1.29, 1.82) is 0 Å². The molecule has 1 unspecified atom stereocenters. The van der Waals surface area contributed by atoms with Crippen molar-refractivity contribution in [1.82, 2.24) is 14.9 Å². The van der Waals surface area contributed by atoms with E-state index in [0.717, 1.165) is 19.3 Å². The second-order valence-electron chi connectivity index (χ2n) is 5.63. The molecule has 20 heavy (non-hydrogen) atoms. The molecule has 0 radical (unpaired) electrons. The summed E-state index contributed by atoms with van der Waals surface area (Å²) in [5.74, 6) is 0.599. The minimum absolute atomic E-state index is 0.140. The Morgan fingerprint density at radius 2 is 2.15 bits per heavy atom. The van der Waals surface area contributed by atoms with Crippen LogP contribution in [0.15, 0.2) is 12.4 Å². The van der Waals surface area contributed by atoms with Crippen LogP contribution in [0.3, 0.4) is 0 Å². The van der Waals surface area contributed by atoms with E-state index in [9.17, 15) is 9.90 Å². The van der Waals surface area contributed by atoms with Crippen LogP contribution in [0.4, 0.5) is 0 Å². The van der Waals surface area contributed by atoms with Gasteiger partial charge in [0.05, 0.1) is 25.6 Å². The summed E-state index contributed by atoms with van der Waals surface area (Å²) in [6, 6.07) is 0. The summed E-state index contributed by atoms with van der Waals surface area (Å²) in [6.07, 6.45) is 7.06. The molecule has 1 aromatic heterocycles. The number of carbonyl (C=O) groups excluding carboxylic acids is 1. The van der Waals surface area contributed by atoms with Crippen LogP contribution in [0.25, 0.3) is 0 Å². The Morgan fingerprint density at radius 3 is 2.70 bits per heavy atom. The molecule has 1 aliphatic carbocycles. The van der Waals surface area contributed by atoms with Gasteiger partial charge in [0, 0.05) is 12.1 Å². The van der Waals surface area contributed by atoms with Crippen LogP contribution in [0.5, 0.6) is 5.75 Å². The summed E-state index contributed by atoms with van der Waals surface area (Å²) >= 11 is 0. The number of ether oxygens (including phenoxy) is 1. The normalized spacial score (nSPS) is 24.3. The van der Waals surface area contributed by atoms with Crippen molar-refractivity contribution < 1.29 is 14.6 Å². The maximum atomic E-state index is 12.6.